The number of aliphatic hydroxyl groups excluding tert-OH is 1. The monoisotopic (exact) mass is 305 g/mol. The van der Waals surface area contributed by atoms with Gasteiger partial charge in [-0.05, 0) is 50.4 Å². The molecule has 0 bridgehead atoms. The van der Waals surface area contributed by atoms with Gasteiger partial charge in [-0.3, -0.25) is 4.79 Å². The lowest BCUT2D eigenvalue weighted by Gasteiger charge is -2.39. The number of morpholine rings is 1. The van der Waals surface area contributed by atoms with E-state index in [0.717, 1.165) is 19.3 Å². The number of carbonyl (C=O) groups excluding carboxylic acids is 1. The highest BCUT2D eigenvalue weighted by molar-refractivity contribution is 5.89. The molecule has 1 saturated heterocycles. The molecule has 0 aromatic heterocycles. The first-order valence-corrected chi connectivity index (χ1v) is 9.02. The summed E-state index contributed by atoms with van der Waals surface area (Å²) in [5.41, 5.74) is 1.42. The Labute approximate surface area is 132 Å². The summed E-state index contributed by atoms with van der Waals surface area (Å²) in [5, 5.41) is 10.2. The number of allylic oxidation sites excluding steroid dienone is 1. The quantitative estimate of drug-likeness (QED) is 0.810. The summed E-state index contributed by atoms with van der Waals surface area (Å²) in [6.45, 7) is 1.89. The van der Waals surface area contributed by atoms with Crippen LogP contribution in [0, 0.1) is 17.8 Å². The summed E-state index contributed by atoms with van der Waals surface area (Å²) in [7, 11) is 0. The molecule has 0 unspecified atom stereocenters. The van der Waals surface area contributed by atoms with E-state index in [9.17, 15) is 9.90 Å². The Hall–Kier alpha value is -0.870. The van der Waals surface area contributed by atoms with Gasteiger partial charge in [-0.25, -0.2) is 0 Å². The number of rotatable bonds is 4. The predicted molar refractivity (Wildman–Crippen MR) is 83.2 cm³/mol. The third-order valence-electron chi connectivity index (χ3n) is 5.86. The summed E-state index contributed by atoms with van der Waals surface area (Å²) >= 11 is 0. The van der Waals surface area contributed by atoms with Gasteiger partial charge in [0.2, 0.25) is 5.91 Å². The van der Waals surface area contributed by atoms with Crippen LogP contribution in [0.25, 0.3) is 0 Å². The lowest BCUT2D eigenvalue weighted by atomic mass is 9.94. The summed E-state index contributed by atoms with van der Waals surface area (Å²) in [6.07, 6.45) is 9.71. The molecule has 1 aliphatic heterocycles. The number of carbonyl (C=O) groups is 1. The zero-order valence-electron chi connectivity index (χ0n) is 13.2. The van der Waals surface area contributed by atoms with Crippen molar-refractivity contribution in [1.82, 2.24) is 4.90 Å². The van der Waals surface area contributed by atoms with E-state index in [1.54, 1.807) is 0 Å². The summed E-state index contributed by atoms with van der Waals surface area (Å²) in [6, 6.07) is 0.0645. The van der Waals surface area contributed by atoms with Gasteiger partial charge in [0.05, 0.1) is 25.4 Å². The second kappa shape index (κ2) is 5.97. The van der Waals surface area contributed by atoms with Crippen molar-refractivity contribution in [2.45, 2.75) is 57.1 Å². The van der Waals surface area contributed by atoms with Crippen LogP contribution in [0.2, 0.25) is 0 Å². The molecule has 0 aromatic rings. The van der Waals surface area contributed by atoms with E-state index in [-0.39, 0.29) is 24.0 Å². The third kappa shape index (κ3) is 2.95. The van der Waals surface area contributed by atoms with Crippen LogP contribution in [-0.4, -0.2) is 47.8 Å². The first-order valence-electron chi connectivity index (χ1n) is 9.02. The van der Waals surface area contributed by atoms with Gasteiger partial charge in [-0.15, -0.1) is 0 Å². The van der Waals surface area contributed by atoms with Gasteiger partial charge < -0.3 is 14.7 Å². The fourth-order valence-corrected chi connectivity index (χ4v) is 4.30. The van der Waals surface area contributed by atoms with Gasteiger partial charge in [0.1, 0.15) is 0 Å². The highest BCUT2D eigenvalue weighted by atomic mass is 16.5. The van der Waals surface area contributed by atoms with Crippen molar-refractivity contribution in [2.24, 2.45) is 17.8 Å². The van der Waals surface area contributed by atoms with Crippen molar-refractivity contribution in [1.29, 1.82) is 0 Å². The third-order valence-corrected chi connectivity index (χ3v) is 5.86. The van der Waals surface area contributed by atoms with Crippen LogP contribution in [0.3, 0.4) is 0 Å². The molecular weight excluding hydrogens is 278 g/mol. The zero-order valence-corrected chi connectivity index (χ0v) is 13.2. The van der Waals surface area contributed by atoms with E-state index < -0.39 is 0 Å². The van der Waals surface area contributed by atoms with E-state index in [1.165, 1.54) is 31.3 Å². The molecular formula is C18H27NO3. The number of hydrogen-bond donors (Lipinski definition) is 1. The molecule has 3 saturated carbocycles. The number of amides is 1. The van der Waals surface area contributed by atoms with Crippen molar-refractivity contribution >= 4 is 5.91 Å². The van der Waals surface area contributed by atoms with Crippen molar-refractivity contribution in [3.63, 3.8) is 0 Å². The topological polar surface area (TPSA) is 49.8 Å². The Balaban J connectivity index is 1.50. The fourth-order valence-electron chi connectivity index (χ4n) is 4.30. The second-order valence-electron chi connectivity index (χ2n) is 7.53. The lowest BCUT2D eigenvalue weighted by Crippen LogP contribution is -2.53. The predicted octanol–water partition coefficient (Wildman–Crippen LogP) is 2.12. The van der Waals surface area contributed by atoms with Gasteiger partial charge in [0.25, 0.3) is 0 Å². The van der Waals surface area contributed by atoms with Crippen LogP contribution >= 0.6 is 0 Å². The molecule has 0 radical (unpaired) electrons. The van der Waals surface area contributed by atoms with Crippen molar-refractivity contribution in [2.75, 3.05) is 19.8 Å². The Morgan fingerprint density at radius 2 is 1.82 bits per heavy atom. The average Bonchev–Trinajstić information content (AvgIpc) is 3.44. The van der Waals surface area contributed by atoms with Gasteiger partial charge in [-0.2, -0.15) is 0 Å². The Kier molecular flexibility index (Phi) is 3.99. The van der Waals surface area contributed by atoms with E-state index in [2.05, 4.69) is 0 Å². The van der Waals surface area contributed by atoms with Crippen LogP contribution in [0.1, 0.15) is 44.9 Å². The molecule has 3 atom stereocenters. The zero-order chi connectivity index (χ0) is 15.1. The van der Waals surface area contributed by atoms with E-state index in [0.29, 0.717) is 31.6 Å². The van der Waals surface area contributed by atoms with Crippen molar-refractivity contribution in [3.05, 3.63) is 11.6 Å². The molecule has 4 rings (SSSR count). The molecule has 4 nitrogen and oxygen atoms in total. The van der Waals surface area contributed by atoms with E-state index >= 15 is 0 Å². The molecule has 4 heteroatoms. The van der Waals surface area contributed by atoms with Gasteiger partial charge in [0, 0.05) is 18.5 Å². The van der Waals surface area contributed by atoms with E-state index in [4.69, 9.17) is 4.74 Å². The molecule has 3 aliphatic carbocycles. The minimum absolute atomic E-state index is 0.0645. The average molecular weight is 305 g/mol. The van der Waals surface area contributed by atoms with Crippen LogP contribution < -0.4 is 0 Å². The standard InChI is InChI=1S/C18H27NO3/c20-17-3-1-2-14(17)16-11-22-9-8-19(16)18(21)10-15(12-4-5-12)13-6-7-13/h10,12-14,16-17,20H,1-9,11H2/t14-,16-,17+/m1/s1. The number of ether oxygens (including phenoxy) is 1. The smallest absolute Gasteiger partial charge is 0.246 e. The lowest BCUT2D eigenvalue weighted by molar-refractivity contribution is -0.138. The molecule has 22 heavy (non-hydrogen) atoms. The maximum Gasteiger partial charge on any atom is 0.246 e. The second-order valence-corrected chi connectivity index (χ2v) is 7.53. The Morgan fingerprint density at radius 3 is 2.41 bits per heavy atom. The van der Waals surface area contributed by atoms with Gasteiger partial charge in [-0.1, -0.05) is 12.0 Å². The number of nitrogens with zero attached hydrogens (tertiary/aromatic N) is 1. The number of hydrogen-bond acceptors (Lipinski definition) is 3. The Bertz CT molecular complexity index is 453. The molecule has 1 N–H and O–H groups in total. The molecule has 1 amide bonds. The first-order chi connectivity index (χ1) is 10.7. The van der Waals surface area contributed by atoms with E-state index in [1.807, 2.05) is 11.0 Å². The summed E-state index contributed by atoms with van der Waals surface area (Å²) in [4.78, 5) is 14.9. The van der Waals surface area contributed by atoms with Crippen molar-refractivity contribution < 1.29 is 14.6 Å². The Morgan fingerprint density at radius 1 is 1.09 bits per heavy atom. The molecule has 0 aromatic carbocycles. The molecule has 0 spiro atoms. The number of aliphatic hydroxyl groups is 1. The highest BCUT2D eigenvalue weighted by Gasteiger charge is 2.41. The maximum absolute atomic E-state index is 12.9. The fraction of sp³-hybridized carbons (Fsp3) is 0.833. The van der Waals surface area contributed by atoms with Crippen LogP contribution in [0.5, 0.6) is 0 Å². The van der Waals surface area contributed by atoms with Crippen LogP contribution in [-0.2, 0) is 9.53 Å². The molecule has 4 aliphatic rings. The molecule has 1 heterocycles. The molecule has 4 fully saturated rings. The molecule has 122 valence electrons. The minimum atomic E-state index is -0.266. The first kappa shape index (κ1) is 14.7. The van der Waals surface area contributed by atoms with Crippen LogP contribution in [0.4, 0.5) is 0 Å². The SMILES string of the molecule is O=C(C=C(C1CC1)C1CC1)N1CCOC[C@@H]1[C@H]1CCC[C@@H]1O. The van der Waals surface area contributed by atoms with Gasteiger partial charge in [0.15, 0.2) is 0 Å². The van der Waals surface area contributed by atoms with Crippen molar-refractivity contribution in [3.8, 4) is 0 Å². The van der Waals surface area contributed by atoms with Crippen LogP contribution in [0.15, 0.2) is 11.6 Å². The minimum Gasteiger partial charge on any atom is -0.393 e. The highest BCUT2D eigenvalue weighted by Crippen LogP contribution is 2.48. The normalized spacial score (nSPS) is 35.5. The largest absolute Gasteiger partial charge is 0.393 e. The van der Waals surface area contributed by atoms with Gasteiger partial charge >= 0.3 is 0 Å². The summed E-state index contributed by atoms with van der Waals surface area (Å²) < 4.78 is 5.62. The maximum atomic E-state index is 12.9. The summed E-state index contributed by atoms with van der Waals surface area (Å²) in [5.74, 6) is 1.74.